The quantitative estimate of drug-likeness (QED) is 0.393. The van der Waals surface area contributed by atoms with Crippen molar-refractivity contribution in [2.45, 2.75) is 45.6 Å². The maximum absolute atomic E-state index is 5.76. The fraction of sp³-hybridized carbons (Fsp3) is 0.706. The molecule has 6 heteroatoms. The van der Waals surface area contributed by atoms with Gasteiger partial charge in [-0.25, -0.2) is 0 Å². The minimum Gasteiger partial charge on any atom is -0.469 e. The normalized spacial score (nSPS) is 18.6. The summed E-state index contributed by atoms with van der Waals surface area (Å²) in [7, 11) is 0. The molecule has 0 aliphatic carbocycles. The first-order chi connectivity index (χ1) is 10.7. The van der Waals surface area contributed by atoms with E-state index in [9.17, 15) is 0 Å². The number of nitrogens with one attached hydrogen (secondary N) is 2. The monoisotopic (exact) mass is 435 g/mol. The molecule has 2 rings (SSSR count). The highest BCUT2D eigenvalue weighted by Crippen LogP contribution is 2.11. The largest absolute Gasteiger partial charge is 0.469 e. The molecule has 23 heavy (non-hydrogen) atoms. The van der Waals surface area contributed by atoms with Crippen LogP contribution in [-0.2, 0) is 11.2 Å². The third-order valence-electron chi connectivity index (χ3n) is 3.63. The molecule has 0 radical (unpaired) electrons. The first-order valence-electron chi connectivity index (χ1n) is 8.40. The van der Waals surface area contributed by atoms with Gasteiger partial charge >= 0.3 is 0 Å². The Kier molecular flexibility index (Phi) is 10.3. The topological polar surface area (TPSA) is 58.8 Å². The minimum atomic E-state index is 0. The van der Waals surface area contributed by atoms with Crippen LogP contribution in [0.4, 0.5) is 0 Å². The summed E-state index contributed by atoms with van der Waals surface area (Å²) in [6.45, 7) is 7.69. The van der Waals surface area contributed by atoms with Crippen LogP contribution < -0.4 is 10.6 Å². The maximum Gasteiger partial charge on any atom is 0.191 e. The van der Waals surface area contributed by atoms with E-state index < -0.39 is 0 Å². The molecule has 0 saturated carbocycles. The van der Waals surface area contributed by atoms with Crippen molar-refractivity contribution in [2.75, 3.05) is 26.2 Å². The number of furan rings is 1. The molecule has 0 bridgehead atoms. The SMILES string of the molecule is CC(C)CN=C(NCCc1ccco1)NCC1CCCCO1.I. The van der Waals surface area contributed by atoms with E-state index in [0.717, 1.165) is 50.8 Å². The Morgan fingerprint density at radius 1 is 1.35 bits per heavy atom. The van der Waals surface area contributed by atoms with Gasteiger partial charge in [-0.15, -0.1) is 24.0 Å². The zero-order chi connectivity index (χ0) is 15.6. The van der Waals surface area contributed by atoms with Crippen LogP contribution in [0.25, 0.3) is 0 Å². The predicted molar refractivity (Wildman–Crippen MR) is 105 cm³/mol. The molecule has 132 valence electrons. The van der Waals surface area contributed by atoms with E-state index >= 15 is 0 Å². The van der Waals surface area contributed by atoms with Gasteiger partial charge in [0.2, 0.25) is 0 Å². The minimum absolute atomic E-state index is 0. The van der Waals surface area contributed by atoms with Gasteiger partial charge in [-0.05, 0) is 37.3 Å². The fourth-order valence-electron chi connectivity index (χ4n) is 2.39. The molecule has 0 spiro atoms. The van der Waals surface area contributed by atoms with E-state index in [4.69, 9.17) is 9.15 Å². The van der Waals surface area contributed by atoms with Gasteiger partial charge in [-0.3, -0.25) is 4.99 Å². The lowest BCUT2D eigenvalue weighted by Gasteiger charge is -2.24. The van der Waals surface area contributed by atoms with Gasteiger partial charge < -0.3 is 19.8 Å². The summed E-state index contributed by atoms with van der Waals surface area (Å²) in [5, 5.41) is 6.78. The van der Waals surface area contributed by atoms with Crippen LogP contribution in [0.2, 0.25) is 0 Å². The molecule has 0 amide bonds. The second-order valence-corrected chi connectivity index (χ2v) is 6.21. The summed E-state index contributed by atoms with van der Waals surface area (Å²) in [5.41, 5.74) is 0. The van der Waals surface area contributed by atoms with Gasteiger partial charge in [0.25, 0.3) is 0 Å². The Morgan fingerprint density at radius 2 is 2.22 bits per heavy atom. The number of rotatable bonds is 7. The second-order valence-electron chi connectivity index (χ2n) is 6.21. The van der Waals surface area contributed by atoms with Gasteiger partial charge in [0.05, 0.1) is 12.4 Å². The molecule has 1 aliphatic rings. The van der Waals surface area contributed by atoms with E-state index in [0.29, 0.717) is 12.0 Å². The molecular weight excluding hydrogens is 405 g/mol. The summed E-state index contributed by atoms with van der Waals surface area (Å²) in [5.74, 6) is 2.41. The van der Waals surface area contributed by atoms with Crippen molar-refractivity contribution in [3.8, 4) is 0 Å². The first kappa shape index (κ1) is 20.3. The predicted octanol–water partition coefficient (Wildman–Crippen LogP) is 3.20. The average Bonchev–Trinajstić information content (AvgIpc) is 3.03. The lowest BCUT2D eigenvalue weighted by atomic mass is 10.1. The highest BCUT2D eigenvalue weighted by atomic mass is 127. The van der Waals surface area contributed by atoms with Gasteiger partial charge in [0.15, 0.2) is 5.96 Å². The van der Waals surface area contributed by atoms with Crippen molar-refractivity contribution >= 4 is 29.9 Å². The fourth-order valence-corrected chi connectivity index (χ4v) is 2.39. The number of guanidine groups is 1. The molecule has 0 aromatic carbocycles. The van der Waals surface area contributed by atoms with E-state index in [2.05, 4.69) is 29.5 Å². The molecule has 1 saturated heterocycles. The zero-order valence-electron chi connectivity index (χ0n) is 14.2. The van der Waals surface area contributed by atoms with Crippen molar-refractivity contribution in [3.05, 3.63) is 24.2 Å². The van der Waals surface area contributed by atoms with Gasteiger partial charge in [-0.2, -0.15) is 0 Å². The van der Waals surface area contributed by atoms with Gasteiger partial charge in [0.1, 0.15) is 5.76 Å². The molecule has 1 atom stereocenters. The van der Waals surface area contributed by atoms with E-state index in [-0.39, 0.29) is 24.0 Å². The summed E-state index contributed by atoms with van der Waals surface area (Å²) in [6, 6.07) is 3.91. The molecule has 1 fully saturated rings. The highest BCUT2D eigenvalue weighted by Gasteiger charge is 2.14. The number of halogens is 1. The third kappa shape index (κ3) is 8.60. The molecular formula is C17H30IN3O2. The Labute approximate surface area is 156 Å². The van der Waals surface area contributed by atoms with Crippen molar-refractivity contribution in [1.82, 2.24) is 10.6 Å². The lowest BCUT2D eigenvalue weighted by Crippen LogP contribution is -2.43. The average molecular weight is 435 g/mol. The number of hydrogen-bond acceptors (Lipinski definition) is 3. The van der Waals surface area contributed by atoms with Crippen LogP contribution in [0.1, 0.15) is 38.9 Å². The van der Waals surface area contributed by atoms with Crippen molar-refractivity contribution < 1.29 is 9.15 Å². The van der Waals surface area contributed by atoms with E-state index in [1.54, 1.807) is 6.26 Å². The van der Waals surface area contributed by atoms with Crippen LogP contribution in [0.15, 0.2) is 27.8 Å². The van der Waals surface area contributed by atoms with Crippen LogP contribution in [0.3, 0.4) is 0 Å². The number of hydrogen-bond donors (Lipinski definition) is 2. The zero-order valence-corrected chi connectivity index (χ0v) is 16.5. The number of aliphatic imine (C=N–C) groups is 1. The van der Waals surface area contributed by atoms with Crippen LogP contribution in [-0.4, -0.2) is 38.3 Å². The number of nitrogens with zero attached hydrogens (tertiary/aromatic N) is 1. The van der Waals surface area contributed by atoms with Gasteiger partial charge in [-0.1, -0.05) is 13.8 Å². The Balaban J connectivity index is 0.00000264. The van der Waals surface area contributed by atoms with Gasteiger partial charge in [0, 0.05) is 32.7 Å². The van der Waals surface area contributed by atoms with Crippen LogP contribution >= 0.6 is 24.0 Å². The summed E-state index contributed by atoms with van der Waals surface area (Å²) in [6.07, 6.45) is 6.46. The third-order valence-corrected chi connectivity index (χ3v) is 3.63. The Morgan fingerprint density at radius 3 is 2.87 bits per heavy atom. The maximum atomic E-state index is 5.76. The Hall–Kier alpha value is -0.760. The summed E-state index contributed by atoms with van der Waals surface area (Å²) in [4.78, 5) is 4.63. The van der Waals surface area contributed by atoms with Crippen molar-refractivity contribution in [1.29, 1.82) is 0 Å². The standard InChI is InChI=1S/C17H29N3O2.HI/c1-14(2)12-19-17(18-9-8-15-7-5-11-21-15)20-13-16-6-3-4-10-22-16;/h5,7,11,14,16H,3-4,6,8-10,12-13H2,1-2H3,(H2,18,19,20);1H. The molecule has 2 N–H and O–H groups in total. The van der Waals surface area contributed by atoms with E-state index in [1.165, 1.54) is 12.8 Å². The molecule has 1 aromatic heterocycles. The van der Waals surface area contributed by atoms with Crippen molar-refractivity contribution in [3.63, 3.8) is 0 Å². The molecule has 2 heterocycles. The molecule has 1 aromatic rings. The molecule has 5 nitrogen and oxygen atoms in total. The lowest BCUT2D eigenvalue weighted by molar-refractivity contribution is 0.0194. The summed E-state index contributed by atoms with van der Waals surface area (Å²) >= 11 is 0. The second kappa shape index (κ2) is 11.7. The number of ether oxygens (including phenoxy) is 1. The molecule has 1 unspecified atom stereocenters. The van der Waals surface area contributed by atoms with E-state index in [1.807, 2.05) is 12.1 Å². The first-order valence-corrected chi connectivity index (χ1v) is 8.40. The summed E-state index contributed by atoms with van der Waals surface area (Å²) < 4.78 is 11.1. The highest BCUT2D eigenvalue weighted by molar-refractivity contribution is 14.0. The smallest absolute Gasteiger partial charge is 0.191 e. The molecule has 1 aliphatic heterocycles. The van der Waals surface area contributed by atoms with Crippen LogP contribution in [0.5, 0.6) is 0 Å². The van der Waals surface area contributed by atoms with Crippen molar-refractivity contribution in [2.24, 2.45) is 10.9 Å². The van der Waals surface area contributed by atoms with Crippen LogP contribution in [0, 0.1) is 5.92 Å². The Bertz CT molecular complexity index is 429.